The second-order valence-corrected chi connectivity index (χ2v) is 6.81. The fourth-order valence-electron chi connectivity index (χ4n) is 2.88. The van der Waals surface area contributed by atoms with Gasteiger partial charge in [0.15, 0.2) is 6.61 Å². The number of carbonyl (C=O) groups is 2. The second-order valence-electron chi connectivity index (χ2n) is 6.40. The van der Waals surface area contributed by atoms with Crippen molar-refractivity contribution in [3.63, 3.8) is 0 Å². The summed E-state index contributed by atoms with van der Waals surface area (Å²) in [6.07, 6.45) is 0.126. The van der Waals surface area contributed by atoms with Gasteiger partial charge in [0.2, 0.25) is 5.91 Å². The van der Waals surface area contributed by atoms with E-state index >= 15 is 0 Å². The van der Waals surface area contributed by atoms with E-state index in [-0.39, 0.29) is 24.8 Å². The highest BCUT2D eigenvalue weighted by molar-refractivity contribution is 6.32. The van der Waals surface area contributed by atoms with Crippen LogP contribution in [0.1, 0.15) is 19.4 Å². The van der Waals surface area contributed by atoms with Crippen LogP contribution in [0.25, 0.3) is 0 Å². The van der Waals surface area contributed by atoms with Gasteiger partial charge >= 0.3 is 0 Å². The molecule has 0 aliphatic rings. The minimum Gasteiger partial charge on any atom is -0.497 e. The summed E-state index contributed by atoms with van der Waals surface area (Å²) in [5, 5.41) is 3.11. The maximum absolute atomic E-state index is 12.4. The van der Waals surface area contributed by atoms with Gasteiger partial charge in [0.1, 0.15) is 17.2 Å². The summed E-state index contributed by atoms with van der Waals surface area (Å²) >= 11 is 6.25. The molecule has 2 aromatic rings. The summed E-state index contributed by atoms with van der Waals surface area (Å²) in [5.41, 5.74) is 1.26. The van der Waals surface area contributed by atoms with Crippen molar-refractivity contribution in [1.29, 1.82) is 0 Å². The number of rotatable bonds is 10. The third-order valence-electron chi connectivity index (χ3n) is 4.53. The van der Waals surface area contributed by atoms with Gasteiger partial charge in [-0.2, -0.15) is 0 Å². The molecule has 2 amide bonds. The van der Waals surface area contributed by atoms with Crippen molar-refractivity contribution >= 4 is 29.1 Å². The maximum Gasteiger partial charge on any atom is 0.260 e. The number of benzene rings is 2. The number of hydrogen-bond acceptors (Lipinski definition) is 5. The monoisotopic (exact) mass is 434 g/mol. The van der Waals surface area contributed by atoms with Crippen LogP contribution < -0.4 is 19.5 Å². The molecule has 0 fully saturated rings. The number of likely N-dealkylation sites (N-methyl/N-ethyl adjacent to an activating group) is 1. The van der Waals surface area contributed by atoms with E-state index < -0.39 is 0 Å². The van der Waals surface area contributed by atoms with Crippen LogP contribution in [-0.4, -0.2) is 50.6 Å². The minimum atomic E-state index is -0.222. The number of amides is 2. The molecule has 0 unspecified atom stereocenters. The van der Waals surface area contributed by atoms with Gasteiger partial charge in [0.25, 0.3) is 5.91 Å². The molecule has 0 bridgehead atoms. The van der Waals surface area contributed by atoms with Crippen molar-refractivity contribution in [2.45, 2.75) is 20.3 Å². The summed E-state index contributed by atoms with van der Waals surface area (Å²) in [6.45, 7) is 4.97. The van der Waals surface area contributed by atoms with E-state index in [0.717, 1.165) is 5.56 Å². The number of ether oxygens (including phenoxy) is 3. The Morgan fingerprint density at radius 2 is 1.73 bits per heavy atom. The zero-order valence-corrected chi connectivity index (χ0v) is 18.4. The Hall–Kier alpha value is -2.93. The van der Waals surface area contributed by atoms with Crippen LogP contribution in [0.4, 0.5) is 5.69 Å². The van der Waals surface area contributed by atoms with E-state index in [1.807, 2.05) is 13.8 Å². The quantitative estimate of drug-likeness (QED) is 0.615. The predicted octanol–water partition coefficient (Wildman–Crippen LogP) is 3.79. The molecule has 0 atom stereocenters. The lowest BCUT2D eigenvalue weighted by molar-refractivity contribution is -0.133. The Kier molecular flexibility index (Phi) is 8.80. The molecule has 2 rings (SSSR count). The first kappa shape index (κ1) is 23.3. The number of nitrogens with one attached hydrogen (secondary N) is 1. The zero-order valence-electron chi connectivity index (χ0n) is 17.7. The normalized spacial score (nSPS) is 10.3. The molecule has 0 aliphatic carbocycles. The molecule has 162 valence electrons. The third-order valence-corrected chi connectivity index (χ3v) is 4.82. The van der Waals surface area contributed by atoms with Crippen LogP contribution >= 0.6 is 11.6 Å². The molecule has 8 heteroatoms. The molecule has 0 aliphatic heterocycles. The van der Waals surface area contributed by atoms with Crippen molar-refractivity contribution in [3.8, 4) is 17.2 Å². The molecular formula is C22H27ClN2O5. The van der Waals surface area contributed by atoms with E-state index in [9.17, 15) is 9.59 Å². The van der Waals surface area contributed by atoms with Crippen LogP contribution in [0.15, 0.2) is 36.4 Å². The van der Waals surface area contributed by atoms with Crippen molar-refractivity contribution in [2.75, 3.05) is 39.2 Å². The number of halogens is 1. The van der Waals surface area contributed by atoms with E-state index in [2.05, 4.69) is 5.32 Å². The number of anilines is 1. The van der Waals surface area contributed by atoms with Gasteiger partial charge in [-0.3, -0.25) is 9.59 Å². The minimum absolute atomic E-state index is 0.0929. The van der Waals surface area contributed by atoms with E-state index in [4.69, 9.17) is 25.8 Å². The molecule has 0 saturated carbocycles. The third kappa shape index (κ3) is 6.29. The van der Waals surface area contributed by atoms with Crippen molar-refractivity contribution < 1.29 is 23.8 Å². The van der Waals surface area contributed by atoms with Crippen molar-refractivity contribution in [3.05, 3.63) is 47.0 Å². The molecule has 0 aromatic heterocycles. The molecular weight excluding hydrogens is 408 g/mol. The van der Waals surface area contributed by atoms with Gasteiger partial charge in [0, 0.05) is 30.4 Å². The van der Waals surface area contributed by atoms with Gasteiger partial charge in [-0.05, 0) is 38.1 Å². The molecule has 7 nitrogen and oxygen atoms in total. The summed E-state index contributed by atoms with van der Waals surface area (Å²) in [6, 6.07) is 10.2. The molecule has 0 spiro atoms. The highest BCUT2D eigenvalue weighted by atomic mass is 35.5. The van der Waals surface area contributed by atoms with E-state index in [0.29, 0.717) is 41.0 Å². The fourth-order valence-corrected chi connectivity index (χ4v) is 3.11. The Morgan fingerprint density at radius 1 is 1.00 bits per heavy atom. The van der Waals surface area contributed by atoms with Crippen LogP contribution in [0.2, 0.25) is 5.02 Å². The van der Waals surface area contributed by atoms with Crippen LogP contribution in [-0.2, 0) is 16.0 Å². The largest absolute Gasteiger partial charge is 0.497 e. The van der Waals surface area contributed by atoms with Gasteiger partial charge in [0.05, 0.1) is 25.7 Å². The first-order valence-electron chi connectivity index (χ1n) is 9.62. The van der Waals surface area contributed by atoms with Gasteiger partial charge in [-0.15, -0.1) is 0 Å². The van der Waals surface area contributed by atoms with E-state index in [1.54, 1.807) is 55.5 Å². The standard InChI is InChI=1S/C22H27ClN2O5/c1-5-25(6-2)22(27)14-30-19-10-8-16(12-18(19)23)24-21(26)11-15-7-9-17(28-3)13-20(15)29-4/h7-10,12-13H,5-6,11,14H2,1-4H3,(H,24,26). The molecule has 0 heterocycles. The molecule has 2 aromatic carbocycles. The Bertz CT molecular complexity index is 884. The Balaban J connectivity index is 1.98. The summed E-state index contributed by atoms with van der Waals surface area (Å²) < 4.78 is 16.0. The van der Waals surface area contributed by atoms with Crippen molar-refractivity contribution in [1.82, 2.24) is 4.90 Å². The van der Waals surface area contributed by atoms with Crippen LogP contribution in [0.3, 0.4) is 0 Å². The molecule has 1 N–H and O–H groups in total. The second kappa shape index (κ2) is 11.3. The smallest absolute Gasteiger partial charge is 0.260 e. The molecule has 0 radical (unpaired) electrons. The first-order chi connectivity index (χ1) is 14.4. The number of carbonyl (C=O) groups excluding carboxylic acids is 2. The SMILES string of the molecule is CCN(CC)C(=O)COc1ccc(NC(=O)Cc2ccc(OC)cc2OC)cc1Cl. The first-order valence-corrected chi connectivity index (χ1v) is 10.00. The molecule has 30 heavy (non-hydrogen) atoms. The summed E-state index contributed by atoms with van der Waals surface area (Å²) in [4.78, 5) is 26.2. The van der Waals surface area contributed by atoms with Gasteiger partial charge in [-0.25, -0.2) is 0 Å². The Labute approximate surface area is 181 Å². The number of hydrogen-bond donors (Lipinski definition) is 1. The number of methoxy groups -OCH3 is 2. The lowest BCUT2D eigenvalue weighted by atomic mass is 10.1. The molecule has 0 saturated heterocycles. The lowest BCUT2D eigenvalue weighted by Gasteiger charge is -2.19. The van der Waals surface area contributed by atoms with Gasteiger partial charge in [-0.1, -0.05) is 17.7 Å². The Morgan fingerprint density at radius 3 is 2.33 bits per heavy atom. The van der Waals surface area contributed by atoms with Crippen molar-refractivity contribution in [2.24, 2.45) is 0 Å². The summed E-state index contributed by atoms with van der Waals surface area (Å²) in [7, 11) is 3.11. The van der Waals surface area contributed by atoms with Crippen LogP contribution in [0, 0.1) is 0 Å². The number of nitrogens with zero attached hydrogens (tertiary/aromatic N) is 1. The average molecular weight is 435 g/mol. The zero-order chi connectivity index (χ0) is 22.1. The highest BCUT2D eigenvalue weighted by Crippen LogP contribution is 2.29. The summed E-state index contributed by atoms with van der Waals surface area (Å²) in [5.74, 6) is 1.27. The van der Waals surface area contributed by atoms with E-state index in [1.165, 1.54) is 0 Å². The predicted molar refractivity (Wildman–Crippen MR) is 117 cm³/mol. The maximum atomic E-state index is 12.4. The van der Waals surface area contributed by atoms with Crippen LogP contribution in [0.5, 0.6) is 17.2 Å². The average Bonchev–Trinajstić information content (AvgIpc) is 2.74. The van der Waals surface area contributed by atoms with Gasteiger partial charge < -0.3 is 24.4 Å². The lowest BCUT2D eigenvalue weighted by Crippen LogP contribution is -2.34. The highest BCUT2D eigenvalue weighted by Gasteiger charge is 2.13. The topological polar surface area (TPSA) is 77.1 Å². The fraction of sp³-hybridized carbons (Fsp3) is 0.364.